The normalized spacial score (nSPS) is 10.3. The fourth-order valence-electron chi connectivity index (χ4n) is 1.54. The van der Waals surface area contributed by atoms with Gasteiger partial charge in [-0.25, -0.2) is 0 Å². The molecule has 0 aliphatic carbocycles. The monoisotopic (exact) mass is 263 g/mol. The van der Waals surface area contributed by atoms with E-state index in [1.54, 1.807) is 0 Å². The number of amides is 2. The quantitative estimate of drug-likeness (QED) is 0.576. The van der Waals surface area contributed by atoms with Crippen molar-refractivity contribution in [1.82, 2.24) is 15.5 Å². The van der Waals surface area contributed by atoms with Crippen molar-refractivity contribution in [2.45, 2.75) is 13.0 Å². The molecule has 1 aromatic carbocycles. The molecule has 1 aromatic rings. The Hall–Kier alpha value is -1.88. The lowest BCUT2D eigenvalue weighted by atomic mass is 10.2. The molecule has 0 aromatic heterocycles. The van der Waals surface area contributed by atoms with Crippen molar-refractivity contribution in [3.05, 3.63) is 35.9 Å². The first-order valence-corrected chi connectivity index (χ1v) is 6.34. The van der Waals surface area contributed by atoms with Gasteiger partial charge in [-0.1, -0.05) is 30.3 Å². The molecule has 0 bridgehead atoms. The highest BCUT2D eigenvalue weighted by Gasteiger charge is 2.11. The zero-order chi connectivity index (χ0) is 14.1. The van der Waals surface area contributed by atoms with Gasteiger partial charge in [-0.15, -0.1) is 0 Å². The second-order valence-corrected chi connectivity index (χ2v) is 4.58. The summed E-state index contributed by atoms with van der Waals surface area (Å²) in [6.07, 6.45) is 0.824. The van der Waals surface area contributed by atoms with Crippen LogP contribution < -0.4 is 10.6 Å². The summed E-state index contributed by atoms with van der Waals surface area (Å²) in [5, 5.41) is 5.18. The average Bonchev–Trinajstić information content (AvgIpc) is 2.41. The summed E-state index contributed by atoms with van der Waals surface area (Å²) in [5.41, 5.74) is 0.969. The Labute approximate surface area is 114 Å². The van der Waals surface area contributed by atoms with Gasteiger partial charge in [-0.3, -0.25) is 9.59 Å². The molecule has 0 atom stereocenters. The largest absolute Gasteiger partial charge is 0.348 e. The van der Waals surface area contributed by atoms with E-state index >= 15 is 0 Å². The van der Waals surface area contributed by atoms with Crippen LogP contribution >= 0.6 is 0 Å². The lowest BCUT2D eigenvalue weighted by molar-refractivity contribution is -0.139. The minimum atomic E-state index is -0.589. The van der Waals surface area contributed by atoms with Crippen LogP contribution in [0.3, 0.4) is 0 Å². The molecule has 19 heavy (non-hydrogen) atoms. The molecule has 0 aliphatic heterocycles. The van der Waals surface area contributed by atoms with Gasteiger partial charge in [0.05, 0.1) is 0 Å². The van der Waals surface area contributed by atoms with Crippen LogP contribution in [0, 0.1) is 0 Å². The van der Waals surface area contributed by atoms with Crippen LogP contribution in [0.15, 0.2) is 30.3 Å². The lowest BCUT2D eigenvalue weighted by Gasteiger charge is -2.10. The van der Waals surface area contributed by atoms with E-state index in [-0.39, 0.29) is 0 Å². The number of rotatable bonds is 6. The Balaban J connectivity index is 2.20. The van der Waals surface area contributed by atoms with Crippen LogP contribution in [0.25, 0.3) is 0 Å². The molecule has 2 N–H and O–H groups in total. The molecule has 0 heterocycles. The maximum absolute atomic E-state index is 11.5. The van der Waals surface area contributed by atoms with Gasteiger partial charge in [-0.05, 0) is 32.6 Å². The fraction of sp³-hybridized carbons (Fsp3) is 0.429. The van der Waals surface area contributed by atoms with Crippen LogP contribution in [0.1, 0.15) is 12.0 Å². The lowest BCUT2D eigenvalue weighted by Crippen LogP contribution is -2.40. The molecule has 0 aliphatic rings. The van der Waals surface area contributed by atoms with Crippen LogP contribution in [-0.4, -0.2) is 43.9 Å². The summed E-state index contributed by atoms with van der Waals surface area (Å²) in [4.78, 5) is 25.0. The first-order chi connectivity index (χ1) is 9.09. The number of nitrogens with one attached hydrogen (secondary N) is 2. The number of benzene rings is 1. The molecule has 0 saturated heterocycles. The van der Waals surface area contributed by atoms with Crippen LogP contribution in [0.5, 0.6) is 0 Å². The summed E-state index contributed by atoms with van der Waals surface area (Å²) in [7, 11) is 3.93. The standard InChI is InChI=1S/C14H21N3O2/c1-17(2)10-6-9-15-13(18)14(19)16-11-12-7-4-3-5-8-12/h3-5,7-8H,6,9-11H2,1-2H3,(H,15,18)(H,16,19). The number of hydrogen-bond acceptors (Lipinski definition) is 3. The van der Waals surface area contributed by atoms with Gasteiger partial charge in [0, 0.05) is 13.1 Å². The Morgan fingerprint density at radius 2 is 1.68 bits per heavy atom. The molecular weight excluding hydrogens is 242 g/mol. The second-order valence-electron chi connectivity index (χ2n) is 4.58. The molecule has 1 rings (SSSR count). The van der Waals surface area contributed by atoms with Crippen molar-refractivity contribution in [2.75, 3.05) is 27.2 Å². The molecule has 0 fully saturated rings. The summed E-state index contributed by atoms with van der Waals surface area (Å²) in [6, 6.07) is 9.49. The summed E-state index contributed by atoms with van der Waals surface area (Å²) in [5.74, 6) is -1.16. The Bertz CT molecular complexity index is 404. The molecular formula is C14H21N3O2. The van der Waals surface area contributed by atoms with E-state index in [0.717, 1.165) is 18.5 Å². The molecule has 0 unspecified atom stereocenters. The van der Waals surface area contributed by atoms with E-state index in [4.69, 9.17) is 0 Å². The van der Waals surface area contributed by atoms with E-state index < -0.39 is 11.8 Å². The van der Waals surface area contributed by atoms with Gasteiger partial charge in [-0.2, -0.15) is 0 Å². The molecule has 104 valence electrons. The van der Waals surface area contributed by atoms with E-state index in [0.29, 0.717) is 13.1 Å². The second kappa shape index (κ2) is 8.26. The molecule has 5 nitrogen and oxygen atoms in total. The topological polar surface area (TPSA) is 61.4 Å². The Morgan fingerprint density at radius 1 is 1.05 bits per heavy atom. The SMILES string of the molecule is CN(C)CCCNC(=O)C(=O)NCc1ccccc1. The summed E-state index contributed by atoms with van der Waals surface area (Å²) in [6.45, 7) is 1.76. The number of hydrogen-bond donors (Lipinski definition) is 2. The summed E-state index contributed by atoms with van der Waals surface area (Å²) >= 11 is 0. The Morgan fingerprint density at radius 3 is 2.32 bits per heavy atom. The molecule has 5 heteroatoms. The molecule has 0 radical (unpaired) electrons. The smallest absolute Gasteiger partial charge is 0.309 e. The van der Waals surface area contributed by atoms with E-state index in [2.05, 4.69) is 10.6 Å². The van der Waals surface area contributed by atoms with Gasteiger partial charge in [0.15, 0.2) is 0 Å². The molecule has 2 amide bonds. The van der Waals surface area contributed by atoms with E-state index in [9.17, 15) is 9.59 Å². The third kappa shape index (κ3) is 6.57. The maximum atomic E-state index is 11.5. The van der Waals surface area contributed by atoms with Crippen molar-refractivity contribution in [2.24, 2.45) is 0 Å². The van der Waals surface area contributed by atoms with Gasteiger partial charge in [0.2, 0.25) is 0 Å². The number of nitrogens with zero attached hydrogens (tertiary/aromatic N) is 1. The first-order valence-electron chi connectivity index (χ1n) is 6.34. The third-order valence-corrected chi connectivity index (χ3v) is 2.57. The first kappa shape index (κ1) is 15.2. The molecule has 0 spiro atoms. The highest BCUT2D eigenvalue weighted by atomic mass is 16.2. The van der Waals surface area contributed by atoms with Crippen LogP contribution in [0.2, 0.25) is 0 Å². The van der Waals surface area contributed by atoms with Crippen LogP contribution in [-0.2, 0) is 16.1 Å². The average molecular weight is 263 g/mol. The Kier molecular flexibility index (Phi) is 6.60. The fourth-order valence-corrected chi connectivity index (χ4v) is 1.54. The van der Waals surface area contributed by atoms with Crippen molar-refractivity contribution in [3.8, 4) is 0 Å². The van der Waals surface area contributed by atoms with Gasteiger partial charge >= 0.3 is 11.8 Å². The van der Waals surface area contributed by atoms with Gasteiger partial charge < -0.3 is 15.5 Å². The number of carbonyl (C=O) groups is 2. The van der Waals surface area contributed by atoms with E-state index in [1.807, 2.05) is 49.3 Å². The van der Waals surface area contributed by atoms with Gasteiger partial charge in [0.1, 0.15) is 0 Å². The zero-order valence-electron chi connectivity index (χ0n) is 11.5. The van der Waals surface area contributed by atoms with Crippen molar-refractivity contribution < 1.29 is 9.59 Å². The van der Waals surface area contributed by atoms with E-state index in [1.165, 1.54) is 0 Å². The number of carbonyl (C=O) groups excluding carboxylic acids is 2. The van der Waals surface area contributed by atoms with Crippen molar-refractivity contribution in [1.29, 1.82) is 0 Å². The third-order valence-electron chi connectivity index (χ3n) is 2.57. The van der Waals surface area contributed by atoms with Crippen LogP contribution in [0.4, 0.5) is 0 Å². The minimum Gasteiger partial charge on any atom is -0.348 e. The predicted molar refractivity (Wildman–Crippen MR) is 74.5 cm³/mol. The predicted octanol–water partition coefficient (Wildman–Crippen LogP) is 0.371. The highest BCUT2D eigenvalue weighted by molar-refractivity contribution is 6.35. The summed E-state index contributed by atoms with van der Waals surface area (Å²) < 4.78 is 0. The molecule has 0 saturated carbocycles. The maximum Gasteiger partial charge on any atom is 0.309 e. The van der Waals surface area contributed by atoms with Crippen molar-refractivity contribution >= 4 is 11.8 Å². The zero-order valence-corrected chi connectivity index (χ0v) is 11.5. The minimum absolute atomic E-state index is 0.366. The highest BCUT2D eigenvalue weighted by Crippen LogP contribution is 1.96. The van der Waals surface area contributed by atoms with Crippen molar-refractivity contribution in [3.63, 3.8) is 0 Å². The van der Waals surface area contributed by atoms with Gasteiger partial charge in [0.25, 0.3) is 0 Å².